The van der Waals surface area contributed by atoms with Gasteiger partial charge in [0.2, 0.25) is 0 Å². The molecule has 2 aromatic heterocycles. The molecule has 0 saturated carbocycles. The molecule has 0 bridgehead atoms. The summed E-state index contributed by atoms with van der Waals surface area (Å²) in [6.07, 6.45) is 1.68. The second-order valence-electron chi connectivity index (χ2n) is 9.99. The molecule has 2 N–H and O–H groups in total. The molecule has 194 valence electrons. The number of aromatic nitrogens is 2. The third-order valence-corrected chi connectivity index (χ3v) is 7.93. The van der Waals surface area contributed by atoms with E-state index in [0.29, 0.717) is 18.8 Å². The zero-order chi connectivity index (χ0) is 26.1. The van der Waals surface area contributed by atoms with Crippen LogP contribution < -0.4 is 10.9 Å². The van der Waals surface area contributed by atoms with Crippen molar-refractivity contribution < 1.29 is 28.2 Å². The lowest BCUT2D eigenvalue weighted by Gasteiger charge is -2.31. The molecule has 10 heteroatoms. The monoisotopic (exact) mass is 511 g/mol. The van der Waals surface area contributed by atoms with Crippen molar-refractivity contribution in [2.75, 3.05) is 13.2 Å². The summed E-state index contributed by atoms with van der Waals surface area (Å²) in [6.45, 7) is 4.44. The maximum Gasteiger partial charge on any atom is 0.343 e. The van der Waals surface area contributed by atoms with Gasteiger partial charge in [0.15, 0.2) is 5.60 Å². The van der Waals surface area contributed by atoms with E-state index in [4.69, 9.17) is 14.5 Å². The summed E-state index contributed by atoms with van der Waals surface area (Å²) < 4.78 is 42.8. The number of benzene rings is 1. The highest BCUT2D eigenvalue weighted by atomic mass is 19.1. The Labute approximate surface area is 211 Å². The standard InChI is InChI=1S/C27H27F2N3O5/c1-3-27(35)18-10-20-23-16(11-32(20)25(33)17(18)12-37-26(27)34)22(29)21-19(28)5-4-15(24(21)31-23)13(2)30-14-6-8-36-9-7-14/h4-5,10,13-14,30,35H,3,6-9,11-12H2,1-2H3/t13?,27-/m0/s1. The number of halogens is 2. The number of nitrogens with zero attached hydrogens (tertiary/aromatic N) is 2. The molecule has 8 nitrogen and oxygen atoms in total. The fourth-order valence-corrected chi connectivity index (χ4v) is 5.77. The Morgan fingerprint density at radius 2 is 2.00 bits per heavy atom. The maximum atomic E-state index is 15.9. The molecule has 5 heterocycles. The fraction of sp³-hybridized carbons (Fsp3) is 0.444. The molecular weight excluding hydrogens is 484 g/mol. The molecule has 3 aliphatic heterocycles. The normalized spacial score (nSPS) is 21.9. The summed E-state index contributed by atoms with van der Waals surface area (Å²) in [5.74, 6) is -2.33. The molecule has 0 aliphatic carbocycles. The highest BCUT2D eigenvalue weighted by Gasteiger charge is 2.45. The topological polar surface area (TPSA) is 103 Å². The Balaban J connectivity index is 1.53. The van der Waals surface area contributed by atoms with E-state index in [-0.39, 0.29) is 70.6 Å². The van der Waals surface area contributed by atoms with Crippen LogP contribution in [-0.4, -0.2) is 39.9 Å². The van der Waals surface area contributed by atoms with Gasteiger partial charge >= 0.3 is 5.97 Å². The van der Waals surface area contributed by atoms with E-state index >= 15 is 4.39 Å². The number of cyclic esters (lactones) is 1. The lowest BCUT2D eigenvalue weighted by molar-refractivity contribution is -0.172. The molecule has 6 rings (SSSR count). The molecule has 1 saturated heterocycles. The highest BCUT2D eigenvalue weighted by molar-refractivity contribution is 5.89. The van der Waals surface area contributed by atoms with Gasteiger partial charge in [-0.05, 0) is 43.9 Å². The largest absolute Gasteiger partial charge is 0.458 e. The van der Waals surface area contributed by atoms with Crippen LogP contribution in [0.4, 0.5) is 8.78 Å². The quantitative estimate of drug-likeness (QED) is 0.406. The molecular formula is C27H27F2N3O5. The van der Waals surface area contributed by atoms with E-state index in [1.807, 2.05) is 6.92 Å². The number of hydrogen-bond donors (Lipinski definition) is 2. The van der Waals surface area contributed by atoms with Gasteiger partial charge in [-0.1, -0.05) is 13.0 Å². The summed E-state index contributed by atoms with van der Waals surface area (Å²) >= 11 is 0. The third-order valence-electron chi connectivity index (χ3n) is 7.93. The Bertz CT molecular complexity index is 1510. The highest BCUT2D eigenvalue weighted by Crippen LogP contribution is 2.41. The van der Waals surface area contributed by atoms with Crippen LogP contribution in [0.25, 0.3) is 22.3 Å². The molecule has 0 spiro atoms. The molecule has 1 unspecified atom stereocenters. The predicted molar refractivity (Wildman–Crippen MR) is 130 cm³/mol. The van der Waals surface area contributed by atoms with Crippen LogP contribution in [0.3, 0.4) is 0 Å². The zero-order valence-electron chi connectivity index (χ0n) is 20.6. The Morgan fingerprint density at radius 3 is 2.73 bits per heavy atom. The van der Waals surface area contributed by atoms with Gasteiger partial charge in [0, 0.05) is 36.4 Å². The number of fused-ring (bicyclic) bond motifs is 5. The summed E-state index contributed by atoms with van der Waals surface area (Å²) in [7, 11) is 0. The van der Waals surface area contributed by atoms with Gasteiger partial charge in [0.25, 0.3) is 5.56 Å². The van der Waals surface area contributed by atoms with Crippen molar-refractivity contribution in [1.82, 2.24) is 14.9 Å². The smallest absolute Gasteiger partial charge is 0.343 e. The van der Waals surface area contributed by atoms with Gasteiger partial charge in [0.05, 0.1) is 34.4 Å². The van der Waals surface area contributed by atoms with Gasteiger partial charge in [0.1, 0.15) is 18.2 Å². The molecule has 1 fully saturated rings. The summed E-state index contributed by atoms with van der Waals surface area (Å²) in [5.41, 5.74) is -0.806. The molecule has 3 aromatic rings. The van der Waals surface area contributed by atoms with Crippen molar-refractivity contribution in [1.29, 1.82) is 0 Å². The lowest BCUT2D eigenvalue weighted by Crippen LogP contribution is -2.44. The number of ether oxygens (including phenoxy) is 2. The van der Waals surface area contributed by atoms with E-state index in [9.17, 15) is 19.1 Å². The fourth-order valence-electron chi connectivity index (χ4n) is 5.77. The molecule has 0 radical (unpaired) electrons. The molecule has 2 atom stereocenters. The number of carbonyl (C=O) groups excluding carboxylic acids is 1. The van der Waals surface area contributed by atoms with Crippen LogP contribution in [0.5, 0.6) is 0 Å². The first-order chi connectivity index (χ1) is 17.7. The first kappa shape index (κ1) is 24.1. The van der Waals surface area contributed by atoms with Gasteiger partial charge in [-0.15, -0.1) is 0 Å². The van der Waals surface area contributed by atoms with Crippen LogP contribution in [0.2, 0.25) is 0 Å². The SMILES string of the molecule is CC[C@@]1(O)C(=O)OCc2c1cc1n(c2=O)Cc2c-1nc1c(C(C)NC3CCOCC3)ccc(F)c1c2F. The number of esters is 1. The number of aliphatic hydroxyl groups is 1. The second kappa shape index (κ2) is 8.68. The van der Waals surface area contributed by atoms with Crippen molar-refractivity contribution in [3.8, 4) is 11.4 Å². The van der Waals surface area contributed by atoms with E-state index < -0.39 is 28.8 Å². The summed E-state index contributed by atoms with van der Waals surface area (Å²) in [6, 6.07) is 4.33. The number of hydrogen-bond acceptors (Lipinski definition) is 7. The van der Waals surface area contributed by atoms with Crippen LogP contribution in [0.15, 0.2) is 23.0 Å². The van der Waals surface area contributed by atoms with Gasteiger partial charge in [-0.3, -0.25) is 4.79 Å². The average Bonchev–Trinajstić information content (AvgIpc) is 3.27. The third kappa shape index (κ3) is 3.53. The minimum atomic E-state index is -1.99. The van der Waals surface area contributed by atoms with Crippen molar-refractivity contribution in [3.63, 3.8) is 0 Å². The van der Waals surface area contributed by atoms with Crippen LogP contribution >= 0.6 is 0 Å². The van der Waals surface area contributed by atoms with E-state index in [2.05, 4.69) is 5.32 Å². The van der Waals surface area contributed by atoms with E-state index in [1.165, 1.54) is 16.7 Å². The molecule has 37 heavy (non-hydrogen) atoms. The predicted octanol–water partition coefficient (Wildman–Crippen LogP) is 3.19. The van der Waals surface area contributed by atoms with Crippen LogP contribution in [0, 0.1) is 11.6 Å². The van der Waals surface area contributed by atoms with Crippen LogP contribution in [0.1, 0.15) is 61.4 Å². The van der Waals surface area contributed by atoms with Gasteiger partial charge < -0.3 is 24.5 Å². The molecule has 0 amide bonds. The Morgan fingerprint density at radius 1 is 1.24 bits per heavy atom. The average molecular weight is 512 g/mol. The van der Waals surface area contributed by atoms with Gasteiger partial charge in [-0.25, -0.2) is 18.6 Å². The number of rotatable bonds is 4. The first-order valence-corrected chi connectivity index (χ1v) is 12.6. The Kier molecular flexibility index (Phi) is 5.66. The zero-order valence-corrected chi connectivity index (χ0v) is 20.6. The van der Waals surface area contributed by atoms with Gasteiger partial charge in [-0.2, -0.15) is 0 Å². The van der Waals surface area contributed by atoms with E-state index in [0.717, 1.165) is 12.8 Å². The van der Waals surface area contributed by atoms with Crippen molar-refractivity contribution in [3.05, 3.63) is 62.4 Å². The number of pyridine rings is 2. The minimum absolute atomic E-state index is 0.00115. The Hall–Kier alpha value is -3.21. The maximum absolute atomic E-state index is 15.9. The van der Waals surface area contributed by atoms with Crippen LogP contribution in [-0.2, 0) is 33.0 Å². The summed E-state index contributed by atoms with van der Waals surface area (Å²) in [5, 5.41) is 14.4. The number of carbonyl (C=O) groups is 1. The minimum Gasteiger partial charge on any atom is -0.458 e. The molecule has 1 aromatic carbocycles. The van der Waals surface area contributed by atoms with Crippen molar-refractivity contribution in [2.24, 2.45) is 0 Å². The molecule has 3 aliphatic rings. The lowest BCUT2D eigenvalue weighted by atomic mass is 9.86. The number of nitrogens with one attached hydrogen (secondary N) is 1. The first-order valence-electron chi connectivity index (χ1n) is 12.6. The summed E-state index contributed by atoms with van der Waals surface area (Å²) in [4.78, 5) is 30.5. The van der Waals surface area contributed by atoms with Crippen molar-refractivity contribution in [2.45, 2.75) is 63.9 Å². The van der Waals surface area contributed by atoms with Crippen molar-refractivity contribution >= 4 is 16.9 Å². The second-order valence-corrected chi connectivity index (χ2v) is 9.99. The van der Waals surface area contributed by atoms with E-state index in [1.54, 1.807) is 13.0 Å².